The molecule has 0 aliphatic rings. The molecule has 27 heavy (non-hydrogen) atoms. The summed E-state index contributed by atoms with van der Waals surface area (Å²) in [7, 11) is -3.94. The summed E-state index contributed by atoms with van der Waals surface area (Å²) in [6.45, 7) is 11.3. The second-order valence-electron chi connectivity index (χ2n) is 6.67. The number of hydrogen-bond acceptors (Lipinski definition) is 4. The Hall–Kier alpha value is -2.18. The lowest BCUT2D eigenvalue weighted by Crippen LogP contribution is -2.36. The third kappa shape index (κ3) is 4.22. The fraction of sp³-hybridized carbons (Fsp3) is 0.381. The van der Waals surface area contributed by atoms with Gasteiger partial charge < -0.3 is 4.74 Å². The molecule has 1 atom stereocenters. The van der Waals surface area contributed by atoms with Crippen LogP contribution in [0.5, 0.6) is 0 Å². The van der Waals surface area contributed by atoms with E-state index in [1.54, 1.807) is 51.1 Å². The van der Waals surface area contributed by atoms with Gasteiger partial charge in [-0.25, -0.2) is 13.2 Å². The minimum absolute atomic E-state index is 0.171. The van der Waals surface area contributed by atoms with E-state index >= 15 is 0 Å². The molecule has 0 aliphatic carbocycles. The van der Waals surface area contributed by atoms with Gasteiger partial charge in [0.05, 0.1) is 11.5 Å². The maximum absolute atomic E-state index is 13.3. The maximum Gasteiger partial charge on any atom is 0.328 e. The van der Waals surface area contributed by atoms with Crippen LogP contribution in [0.2, 0.25) is 0 Å². The van der Waals surface area contributed by atoms with Crippen molar-refractivity contribution >= 4 is 16.0 Å². The molecule has 0 heterocycles. The van der Waals surface area contributed by atoms with E-state index in [2.05, 4.69) is 4.72 Å². The van der Waals surface area contributed by atoms with Crippen molar-refractivity contribution in [3.05, 3.63) is 63.7 Å². The zero-order valence-corrected chi connectivity index (χ0v) is 17.5. The Morgan fingerprint density at radius 3 is 1.89 bits per heavy atom. The van der Waals surface area contributed by atoms with E-state index in [0.29, 0.717) is 16.7 Å². The number of sulfonamides is 1. The Labute approximate surface area is 161 Å². The second-order valence-corrected chi connectivity index (χ2v) is 8.32. The Bertz CT molecular complexity index is 921. The Morgan fingerprint density at radius 1 is 0.926 bits per heavy atom. The number of ether oxygens (including phenoxy) is 1. The SMILES string of the molecule is CCOC(=O)C(NS(=O)(=O)c1c(C)c(C)c(C)c(C)c1C)c1ccccc1. The summed E-state index contributed by atoms with van der Waals surface area (Å²) < 4.78 is 34.2. The zero-order valence-electron chi connectivity index (χ0n) is 16.7. The molecular weight excluding hydrogens is 362 g/mol. The summed E-state index contributed by atoms with van der Waals surface area (Å²) in [5, 5.41) is 0. The Kier molecular flexibility index (Phi) is 6.44. The normalized spacial score (nSPS) is 12.7. The fourth-order valence-corrected chi connectivity index (χ4v) is 4.98. The Morgan fingerprint density at radius 2 is 1.41 bits per heavy atom. The third-order valence-electron chi connectivity index (χ3n) is 5.13. The van der Waals surface area contributed by atoms with Crippen molar-refractivity contribution in [2.75, 3.05) is 6.61 Å². The first-order chi connectivity index (χ1) is 12.6. The number of esters is 1. The predicted molar refractivity (Wildman–Crippen MR) is 106 cm³/mol. The van der Waals surface area contributed by atoms with Gasteiger partial charge in [-0.2, -0.15) is 4.72 Å². The third-order valence-corrected chi connectivity index (χ3v) is 6.82. The summed E-state index contributed by atoms with van der Waals surface area (Å²) in [5.74, 6) is -0.622. The smallest absolute Gasteiger partial charge is 0.328 e. The predicted octanol–water partition coefficient (Wildman–Crippen LogP) is 3.81. The number of nitrogens with one attached hydrogen (secondary N) is 1. The molecule has 5 nitrogen and oxygen atoms in total. The molecule has 2 aromatic carbocycles. The van der Waals surface area contributed by atoms with E-state index in [4.69, 9.17) is 4.74 Å². The first-order valence-electron chi connectivity index (χ1n) is 8.92. The fourth-order valence-electron chi connectivity index (χ4n) is 3.21. The van der Waals surface area contributed by atoms with E-state index in [-0.39, 0.29) is 11.5 Å². The summed E-state index contributed by atoms with van der Waals surface area (Å²) in [6, 6.07) is 7.63. The van der Waals surface area contributed by atoms with Gasteiger partial charge in [0.25, 0.3) is 0 Å². The van der Waals surface area contributed by atoms with Crippen LogP contribution in [0.3, 0.4) is 0 Å². The van der Waals surface area contributed by atoms with Crippen LogP contribution in [0, 0.1) is 34.6 Å². The van der Waals surface area contributed by atoms with Crippen molar-refractivity contribution in [2.24, 2.45) is 0 Å². The largest absolute Gasteiger partial charge is 0.465 e. The average Bonchev–Trinajstić information content (AvgIpc) is 2.63. The Balaban J connectivity index is 2.57. The lowest BCUT2D eigenvalue weighted by Gasteiger charge is -2.22. The topological polar surface area (TPSA) is 72.5 Å². The van der Waals surface area contributed by atoms with E-state index in [1.165, 1.54) is 0 Å². The zero-order chi connectivity index (χ0) is 20.4. The van der Waals surface area contributed by atoms with Crippen LogP contribution in [0.1, 0.15) is 46.3 Å². The molecule has 0 fully saturated rings. The molecule has 6 heteroatoms. The standard InChI is InChI=1S/C21H27NO4S/c1-7-26-21(23)19(18-11-9-8-10-12-18)22-27(24,25)20-16(5)14(3)13(2)15(4)17(20)6/h8-12,19,22H,7H2,1-6H3. The number of benzene rings is 2. The van der Waals surface area contributed by atoms with Gasteiger partial charge in [-0.3, -0.25) is 0 Å². The summed E-state index contributed by atoms with van der Waals surface area (Å²) >= 11 is 0. The van der Waals surface area contributed by atoms with Crippen molar-refractivity contribution in [3.8, 4) is 0 Å². The molecule has 0 saturated heterocycles. The van der Waals surface area contributed by atoms with Gasteiger partial charge in [-0.15, -0.1) is 0 Å². The quantitative estimate of drug-likeness (QED) is 0.763. The second kappa shape index (κ2) is 8.23. The number of rotatable bonds is 6. The molecule has 0 amide bonds. The molecule has 0 aromatic heterocycles. The molecule has 0 aliphatic heterocycles. The summed E-state index contributed by atoms with van der Waals surface area (Å²) in [5.41, 5.74) is 4.87. The summed E-state index contributed by atoms with van der Waals surface area (Å²) in [4.78, 5) is 12.7. The van der Waals surface area contributed by atoms with Crippen molar-refractivity contribution in [3.63, 3.8) is 0 Å². The molecule has 1 unspecified atom stereocenters. The minimum Gasteiger partial charge on any atom is -0.465 e. The lowest BCUT2D eigenvalue weighted by atomic mass is 9.95. The van der Waals surface area contributed by atoms with Crippen LogP contribution in [0.15, 0.2) is 35.2 Å². The van der Waals surface area contributed by atoms with Crippen LogP contribution >= 0.6 is 0 Å². The monoisotopic (exact) mass is 389 g/mol. The minimum atomic E-state index is -3.94. The van der Waals surface area contributed by atoms with Crippen LogP contribution in [-0.4, -0.2) is 21.0 Å². The van der Waals surface area contributed by atoms with E-state index in [9.17, 15) is 13.2 Å². The highest BCUT2D eigenvalue weighted by Crippen LogP contribution is 2.30. The molecule has 0 radical (unpaired) electrons. The van der Waals surface area contributed by atoms with Gasteiger partial charge >= 0.3 is 5.97 Å². The first kappa shape index (κ1) is 21.1. The van der Waals surface area contributed by atoms with Crippen LogP contribution in [0.25, 0.3) is 0 Å². The molecule has 0 bridgehead atoms. The molecule has 146 valence electrons. The molecule has 0 spiro atoms. The van der Waals surface area contributed by atoms with Crippen molar-refractivity contribution in [2.45, 2.75) is 52.5 Å². The number of hydrogen-bond donors (Lipinski definition) is 1. The van der Waals surface area contributed by atoms with Gasteiger partial charge in [-0.05, 0) is 74.9 Å². The van der Waals surface area contributed by atoms with Crippen LogP contribution < -0.4 is 4.72 Å². The number of carbonyl (C=O) groups excluding carboxylic acids is 1. The van der Waals surface area contributed by atoms with Crippen LogP contribution in [-0.2, 0) is 19.6 Å². The van der Waals surface area contributed by atoms with E-state index < -0.39 is 22.0 Å². The first-order valence-corrected chi connectivity index (χ1v) is 10.4. The maximum atomic E-state index is 13.3. The molecule has 0 saturated carbocycles. The highest BCUT2D eigenvalue weighted by atomic mass is 32.2. The highest BCUT2D eigenvalue weighted by molar-refractivity contribution is 7.89. The van der Waals surface area contributed by atoms with Gasteiger partial charge in [0.15, 0.2) is 0 Å². The molecular formula is C21H27NO4S. The van der Waals surface area contributed by atoms with Crippen LogP contribution in [0.4, 0.5) is 0 Å². The van der Waals surface area contributed by atoms with Gasteiger partial charge in [-0.1, -0.05) is 30.3 Å². The number of carbonyl (C=O) groups is 1. The van der Waals surface area contributed by atoms with Gasteiger partial charge in [0.1, 0.15) is 6.04 Å². The highest BCUT2D eigenvalue weighted by Gasteiger charge is 2.31. The molecule has 2 aromatic rings. The van der Waals surface area contributed by atoms with E-state index in [0.717, 1.165) is 16.7 Å². The summed E-state index contributed by atoms with van der Waals surface area (Å²) in [6.07, 6.45) is 0. The molecule has 2 rings (SSSR count). The van der Waals surface area contributed by atoms with E-state index in [1.807, 2.05) is 20.8 Å². The molecule has 1 N–H and O–H groups in total. The lowest BCUT2D eigenvalue weighted by molar-refractivity contribution is -0.145. The van der Waals surface area contributed by atoms with Crippen molar-refractivity contribution in [1.29, 1.82) is 0 Å². The average molecular weight is 390 g/mol. The van der Waals surface area contributed by atoms with Crippen molar-refractivity contribution in [1.82, 2.24) is 4.72 Å². The van der Waals surface area contributed by atoms with Gasteiger partial charge in [0.2, 0.25) is 10.0 Å². The van der Waals surface area contributed by atoms with Gasteiger partial charge in [0, 0.05) is 0 Å². The van der Waals surface area contributed by atoms with Crippen molar-refractivity contribution < 1.29 is 17.9 Å².